The van der Waals surface area contributed by atoms with E-state index < -0.39 is 10.2 Å². The van der Waals surface area contributed by atoms with Crippen LogP contribution in [0.3, 0.4) is 0 Å². The molecule has 0 aromatic heterocycles. The van der Waals surface area contributed by atoms with Crippen molar-refractivity contribution in [2.75, 3.05) is 19.6 Å². The van der Waals surface area contributed by atoms with Gasteiger partial charge in [0.1, 0.15) is 0 Å². The molecule has 1 aromatic carbocycles. The third kappa shape index (κ3) is 9.42. The first-order chi connectivity index (χ1) is 10.9. The lowest BCUT2D eigenvalue weighted by molar-refractivity contribution is 0.398. The molecular weight excluding hydrogens is 378 g/mol. The Labute approximate surface area is 148 Å². The van der Waals surface area contributed by atoms with Crippen molar-refractivity contribution in [1.29, 1.82) is 0 Å². The molecule has 1 aliphatic heterocycles. The standard InChI is InChI=1S/C11H17BrN2O2S.C5H11N/c1-2-3-8-14(17(13,15)16)9-10-4-6-11(12)7-5-10;1-2-4-6-5-3-1/h4-7H,2-3,8-9H2,1H3,(H2,13,15,16);6H,1-5H2. The van der Waals surface area contributed by atoms with Crippen molar-refractivity contribution >= 4 is 26.1 Å². The van der Waals surface area contributed by atoms with Crippen LogP contribution in [0.1, 0.15) is 44.6 Å². The van der Waals surface area contributed by atoms with Crippen LogP contribution in [-0.4, -0.2) is 32.4 Å². The molecule has 1 saturated heterocycles. The predicted octanol–water partition coefficient (Wildman–Crippen LogP) is 3.01. The summed E-state index contributed by atoms with van der Waals surface area (Å²) in [4.78, 5) is 0. The van der Waals surface area contributed by atoms with Gasteiger partial charge in [-0.15, -0.1) is 0 Å². The van der Waals surface area contributed by atoms with Crippen molar-refractivity contribution in [2.24, 2.45) is 5.14 Å². The average Bonchev–Trinajstić information content (AvgIpc) is 2.54. The summed E-state index contributed by atoms with van der Waals surface area (Å²) >= 11 is 3.34. The van der Waals surface area contributed by atoms with Gasteiger partial charge < -0.3 is 5.32 Å². The zero-order valence-corrected chi connectivity index (χ0v) is 16.2. The fraction of sp³-hybridized carbons (Fsp3) is 0.625. The Kier molecular flexibility index (Phi) is 9.97. The van der Waals surface area contributed by atoms with Crippen LogP contribution in [0.25, 0.3) is 0 Å². The van der Waals surface area contributed by atoms with Gasteiger partial charge in [-0.3, -0.25) is 0 Å². The van der Waals surface area contributed by atoms with Crippen LogP contribution < -0.4 is 10.5 Å². The number of benzene rings is 1. The first-order valence-electron chi connectivity index (χ1n) is 8.16. The summed E-state index contributed by atoms with van der Waals surface area (Å²) in [5, 5.41) is 8.47. The smallest absolute Gasteiger partial charge is 0.277 e. The molecule has 0 unspecified atom stereocenters. The van der Waals surface area contributed by atoms with E-state index in [0.29, 0.717) is 13.1 Å². The molecular formula is C16H28BrN3O2S. The molecule has 0 aliphatic carbocycles. The Bertz CT molecular complexity index is 519. The fourth-order valence-electron chi connectivity index (χ4n) is 2.23. The van der Waals surface area contributed by atoms with Crippen LogP contribution in [0.5, 0.6) is 0 Å². The minimum Gasteiger partial charge on any atom is -0.317 e. The molecule has 0 spiro atoms. The maximum atomic E-state index is 11.4. The fourth-order valence-corrected chi connectivity index (χ4v) is 3.20. The number of nitrogens with zero attached hydrogens (tertiary/aromatic N) is 1. The molecule has 132 valence electrons. The van der Waals surface area contributed by atoms with Crippen LogP contribution in [0.15, 0.2) is 28.7 Å². The first-order valence-corrected chi connectivity index (χ1v) is 10.5. The van der Waals surface area contributed by atoms with Gasteiger partial charge in [0, 0.05) is 17.6 Å². The summed E-state index contributed by atoms with van der Waals surface area (Å²) in [6.07, 6.45) is 5.96. The van der Waals surface area contributed by atoms with E-state index in [9.17, 15) is 8.42 Å². The second kappa shape index (κ2) is 11.1. The number of piperidine rings is 1. The Morgan fingerprint density at radius 2 is 1.78 bits per heavy atom. The van der Waals surface area contributed by atoms with E-state index in [2.05, 4.69) is 21.2 Å². The molecule has 23 heavy (non-hydrogen) atoms. The van der Waals surface area contributed by atoms with Crippen molar-refractivity contribution in [2.45, 2.75) is 45.6 Å². The lowest BCUT2D eigenvalue weighted by Crippen LogP contribution is -2.36. The van der Waals surface area contributed by atoms with Crippen molar-refractivity contribution in [3.63, 3.8) is 0 Å². The SMILES string of the molecule is C1CCNCC1.CCCCN(Cc1ccc(Br)cc1)S(N)(=O)=O. The third-order valence-corrected chi connectivity index (χ3v) is 5.16. The average molecular weight is 406 g/mol. The van der Waals surface area contributed by atoms with Gasteiger partial charge in [-0.05, 0) is 50.0 Å². The molecule has 2 rings (SSSR count). The van der Waals surface area contributed by atoms with Crippen molar-refractivity contribution < 1.29 is 8.42 Å². The number of hydrogen-bond acceptors (Lipinski definition) is 3. The van der Waals surface area contributed by atoms with Crippen LogP contribution in [0, 0.1) is 0 Å². The number of nitrogens with two attached hydrogens (primary N) is 1. The molecule has 1 aromatic rings. The summed E-state index contributed by atoms with van der Waals surface area (Å²) in [5.74, 6) is 0. The van der Waals surface area contributed by atoms with Gasteiger partial charge in [-0.2, -0.15) is 12.7 Å². The number of unbranched alkanes of at least 4 members (excludes halogenated alkanes) is 1. The van der Waals surface area contributed by atoms with Gasteiger partial charge in [-0.25, -0.2) is 5.14 Å². The summed E-state index contributed by atoms with van der Waals surface area (Å²) < 4.78 is 25.1. The number of halogens is 1. The van der Waals surface area contributed by atoms with Crippen LogP contribution >= 0.6 is 15.9 Å². The largest absolute Gasteiger partial charge is 0.317 e. The monoisotopic (exact) mass is 405 g/mol. The third-order valence-electron chi connectivity index (χ3n) is 3.60. The molecule has 5 nitrogen and oxygen atoms in total. The summed E-state index contributed by atoms with van der Waals surface area (Å²) in [6, 6.07) is 7.54. The normalized spacial score (nSPS) is 15.1. The lowest BCUT2D eigenvalue weighted by Gasteiger charge is -2.19. The predicted molar refractivity (Wildman–Crippen MR) is 99.3 cm³/mol. The van der Waals surface area contributed by atoms with E-state index in [1.165, 1.54) is 36.7 Å². The van der Waals surface area contributed by atoms with E-state index in [1.54, 1.807) is 0 Å². The number of nitrogens with one attached hydrogen (secondary N) is 1. The van der Waals surface area contributed by atoms with Gasteiger partial charge in [-0.1, -0.05) is 47.8 Å². The molecule has 3 N–H and O–H groups in total. The van der Waals surface area contributed by atoms with E-state index in [1.807, 2.05) is 31.2 Å². The van der Waals surface area contributed by atoms with Crippen molar-refractivity contribution in [1.82, 2.24) is 9.62 Å². The molecule has 1 aliphatic rings. The lowest BCUT2D eigenvalue weighted by atomic mass is 10.2. The molecule has 7 heteroatoms. The van der Waals surface area contributed by atoms with E-state index in [4.69, 9.17) is 5.14 Å². The highest BCUT2D eigenvalue weighted by Gasteiger charge is 2.16. The van der Waals surface area contributed by atoms with Gasteiger partial charge >= 0.3 is 0 Å². The maximum absolute atomic E-state index is 11.4. The topological polar surface area (TPSA) is 75.4 Å². The van der Waals surface area contributed by atoms with E-state index in [-0.39, 0.29) is 0 Å². The van der Waals surface area contributed by atoms with Gasteiger partial charge in [0.05, 0.1) is 0 Å². The van der Waals surface area contributed by atoms with E-state index >= 15 is 0 Å². The molecule has 1 fully saturated rings. The van der Waals surface area contributed by atoms with Crippen LogP contribution in [0.2, 0.25) is 0 Å². The minimum atomic E-state index is -3.62. The van der Waals surface area contributed by atoms with Crippen LogP contribution in [0.4, 0.5) is 0 Å². The summed E-state index contributed by atoms with van der Waals surface area (Å²) in [6.45, 7) is 5.30. The summed E-state index contributed by atoms with van der Waals surface area (Å²) in [7, 11) is -3.62. The molecule has 0 bridgehead atoms. The molecule has 0 atom stereocenters. The quantitative estimate of drug-likeness (QED) is 0.763. The number of rotatable bonds is 6. The highest BCUT2D eigenvalue weighted by molar-refractivity contribution is 9.10. The highest BCUT2D eigenvalue weighted by Crippen LogP contribution is 2.13. The first kappa shape index (κ1) is 20.6. The highest BCUT2D eigenvalue weighted by atomic mass is 79.9. The second-order valence-corrected chi connectivity index (χ2v) is 8.13. The van der Waals surface area contributed by atoms with E-state index in [0.717, 1.165) is 22.9 Å². The van der Waals surface area contributed by atoms with Gasteiger partial charge in [0.15, 0.2) is 0 Å². The Morgan fingerprint density at radius 3 is 2.17 bits per heavy atom. The van der Waals surface area contributed by atoms with Gasteiger partial charge in [0.2, 0.25) is 0 Å². The summed E-state index contributed by atoms with van der Waals surface area (Å²) in [5.41, 5.74) is 0.929. The molecule has 1 heterocycles. The maximum Gasteiger partial charge on any atom is 0.277 e. The van der Waals surface area contributed by atoms with Crippen molar-refractivity contribution in [3.05, 3.63) is 34.3 Å². The minimum absolute atomic E-state index is 0.326. The zero-order valence-electron chi connectivity index (χ0n) is 13.8. The zero-order chi connectivity index (χ0) is 17.1. The molecule has 0 saturated carbocycles. The Balaban J connectivity index is 0.000000366. The molecule has 0 amide bonds. The Morgan fingerprint density at radius 1 is 1.17 bits per heavy atom. The second-order valence-electron chi connectivity index (χ2n) is 5.67. The van der Waals surface area contributed by atoms with Crippen molar-refractivity contribution in [3.8, 4) is 0 Å². The van der Waals surface area contributed by atoms with Crippen LogP contribution in [-0.2, 0) is 16.8 Å². The number of hydrogen-bond donors (Lipinski definition) is 2. The Hall–Kier alpha value is -0.470. The molecule has 0 radical (unpaired) electrons. The van der Waals surface area contributed by atoms with Gasteiger partial charge in [0.25, 0.3) is 10.2 Å².